The molecule has 1 aliphatic heterocycles. The molecule has 5 nitrogen and oxygen atoms in total. The molecule has 3 rings (SSSR count). The van der Waals surface area contributed by atoms with Crippen LogP contribution in [-0.4, -0.2) is 51.7 Å². The molecule has 0 amide bonds. The summed E-state index contributed by atoms with van der Waals surface area (Å²) < 4.78 is 23.1. The number of nitrogens with one attached hydrogen (secondary N) is 1. The van der Waals surface area contributed by atoms with Crippen LogP contribution in [0.5, 0.6) is 17.2 Å². The highest BCUT2D eigenvalue weighted by atomic mass is 16.5. The molecule has 0 spiro atoms. The molecule has 1 N–H and O–H groups in total. The Morgan fingerprint density at radius 3 is 2.33 bits per heavy atom. The number of hydrogen-bond acceptors (Lipinski definition) is 4. The van der Waals surface area contributed by atoms with Crippen molar-refractivity contribution < 1.29 is 23.8 Å². The molecule has 0 radical (unpaired) electrons. The standard InChI is InChI=1S/C22H29NO4/c1-18-16-23(17-19(2)26-18)11-12-24-13-14-25-21-9-6-10-22(15-21)27-20-7-4-3-5-8-20/h3-10,15,18-19H,11-14,16-17H2,1-2H3/p+1/t18-,19+. The fourth-order valence-corrected chi connectivity index (χ4v) is 3.38. The van der Waals surface area contributed by atoms with Crippen LogP contribution >= 0.6 is 0 Å². The molecule has 1 saturated heterocycles. The largest absolute Gasteiger partial charge is 0.491 e. The number of quaternary nitrogens is 1. The van der Waals surface area contributed by atoms with Gasteiger partial charge < -0.3 is 23.8 Å². The van der Waals surface area contributed by atoms with Gasteiger partial charge in [-0.3, -0.25) is 0 Å². The molecule has 27 heavy (non-hydrogen) atoms. The van der Waals surface area contributed by atoms with Crippen molar-refractivity contribution in [3.05, 3.63) is 54.6 Å². The molecule has 146 valence electrons. The monoisotopic (exact) mass is 372 g/mol. The average molecular weight is 372 g/mol. The number of rotatable bonds is 9. The van der Waals surface area contributed by atoms with Gasteiger partial charge in [-0.05, 0) is 38.1 Å². The second-order valence-corrected chi connectivity index (χ2v) is 7.02. The van der Waals surface area contributed by atoms with E-state index in [9.17, 15) is 0 Å². The van der Waals surface area contributed by atoms with E-state index < -0.39 is 0 Å². The van der Waals surface area contributed by atoms with Crippen LogP contribution in [0.1, 0.15) is 13.8 Å². The van der Waals surface area contributed by atoms with Gasteiger partial charge in [-0.25, -0.2) is 0 Å². The van der Waals surface area contributed by atoms with E-state index in [-0.39, 0.29) is 0 Å². The van der Waals surface area contributed by atoms with E-state index in [0.717, 1.165) is 43.5 Å². The summed E-state index contributed by atoms with van der Waals surface area (Å²) >= 11 is 0. The van der Waals surface area contributed by atoms with Crippen LogP contribution in [0, 0.1) is 0 Å². The predicted molar refractivity (Wildman–Crippen MR) is 105 cm³/mol. The summed E-state index contributed by atoms with van der Waals surface area (Å²) in [6.45, 7) is 9.25. The minimum atomic E-state index is 0.331. The zero-order valence-corrected chi connectivity index (χ0v) is 16.2. The Balaban J connectivity index is 1.33. The highest BCUT2D eigenvalue weighted by molar-refractivity contribution is 5.36. The highest BCUT2D eigenvalue weighted by Crippen LogP contribution is 2.24. The third-order valence-electron chi connectivity index (χ3n) is 4.50. The van der Waals surface area contributed by atoms with E-state index in [1.165, 1.54) is 0 Å². The van der Waals surface area contributed by atoms with Crippen molar-refractivity contribution in [2.45, 2.75) is 26.1 Å². The van der Waals surface area contributed by atoms with Crippen LogP contribution < -0.4 is 14.4 Å². The number of morpholine rings is 1. The predicted octanol–water partition coefficient (Wildman–Crippen LogP) is 2.57. The fourth-order valence-electron chi connectivity index (χ4n) is 3.38. The van der Waals surface area contributed by atoms with Crippen LogP contribution in [-0.2, 0) is 9.47 Å². The minimum Gasteiger partial charge on any atom is -0.491 e. The first kappa shape index (κ1) is 19.7. The molecule has 0 bridgehead atoms. The molecule has 5 heteroatoms. The lowest BCUT2D eigenvalue weighted by molar-refractivity contribution is -0.915. The summed E-state index contributed by atoms with van der Waals surface area (Å²) in [5.74, 6) is 2.36. The first-order valence-corrected chi connectivity index (χ1v) is 9.71. The summed E-state index contributed by atoms with van der Waals surface area (Å²) in [4.78, 5) is 1.55. The summed E-state index contributed by atoms with van der Waals surface area (Å²) in [5.41, 5.74) is 0. The van der Waals surface area contributed by atoms with E-state index in [2.05, 4.69) is 13.8 Å². The van der Waals surface area contributed by atoms with E-state index in [4.69, 9.17) is 18.9 Å². The van der Waals surface area contributed by atoms with Crippen LogP contribution in [0.4, 0.5) is 0 Å². The van der Waals surface area contributed by atoms with Gasteiger partial charge in [-0.2, -0.15) is 0 Å². The highest BCUT2D eigenvalue weighted by Gasteiger charge is 2.24. The smallest absolute Gasteiger partial charge is 0.131 e. The number of ether oxygens (including phenoxy) is 4. The molecule has 0 saturated carbocycles. The van der Waals surface area contributed by atoms with Crippen LogP contribution in [0.2, 0.25) is 0 Å². The van der Waals surface area contributed by atoms with Crippen molar-refractivity contribution in [3.63, 3.8) is 0 Å². The van der Waals surface area contributed by atoms with Gasteiger partial charge in [0.1, 0.15) is 55.7 Å². The van der Waals surface area contributed by atoms with Crippen molar-refractivity contribution in [2.75, 3.05) is 39.5 Å². The van der Waals surface area contributed by atoms with E-state index in [1.807, 2.05) is 54.6 Å². The molecule has 0 aromatic heterocycles. The first-order valence-electron chi connectivity index (χ1n) is 9.71. The molecular formula is C22H30NO4+. The van der Waals surface area contributed by atoms with Crippen LogP contribution in [0.3, 0.4) is 0 Å². The third kappa shape index (κ3) is 6.86. The number of para-hydroxylation sites is 1. The second kappa shape index (κ2) is 10.3. The van der Waals surface area contributed by atoms with Crippen molar-refractivity contribution in [3.8, 4) is 17.2 Å². The van der Waals surface area contributed by atoms with Gasteiger partial charge >= 0.3 is 0 Å². The zero-order chi connectivity index (χ0) is 18.9. The Kier molecular flexibility index (Phi) is 7.51. The lowest BCUT2D eigenvalue weighted by Crippen LogP contribution is -3.15. The first-order chi connectivity index (χ1) is 13.2. The van der Waals surface area contributed by atoms with Crippen LogP contribution in [0.25, 0.3) is 0 Å². The summed E-state index contributed by atoms with van der Waals surface area (Å²) in [7, 11) is 0. The minimum absolute atomic E-state index is 0.331. The van der Waals surface area contributed by atoms with Gasteiger partial charge in [-0.1, -0.05) is 24.3 Å². The average Bonchev–Trinajstić information content (AvgIpc) is 2.65. The van der Waals surface area contributed by atoms with Gasteiger partial charge in [0.2, 0.25) is 0 Å². The van der Waals surface area contributed by atoms with E-state index in [1.54, 1.807) is 4.90 Å². The Labute approximate surface area is 161 Å². The fraction of sp³-hybridized carbons (Fsp3) is 0.455. The molecule has 1 unspecified atom stereocenters. The Bertz CT molecular complexity index is 669. The Hall–Kier alpha value is -2.08. The lowest BCUT2D eigenvalue weighted by Gasteiger charge is -2.32. The van der Waals surface area contributed by atoms with Crippen molar-refractivity contribution in [1.29, 1.82) is 0 Å². The quantitative estimate of drug-likeness (QED) is 0.687. The number of hydrogen-bond donors (Lipinski definition) is 1. The maximum absolute atomic E-state index is 5.82. The van der Waals surface area contributed by atoms with Gasteiger partial charge in [0.05, 0.1) is 13.2 Å². The molecule has 2 aromatic carbocycles. The Morgan fingerprint density at radius 2 is 1.56 bits per heavy atom. The molecule has 2 aromatic rings. The molecule has 3 atom stereocenters. The number of benzene rings is 2. The Morgan fingerprint density at radius 1 is 0.852 bits per heavy atom. The molecular weight excluding hydrogens is 342 g/mol. The SMILES string of the molecule is C[C@@H]1C[NH+](CCOCCOc2cccc(Oc3ccccc3)c2)C[C@H](C)O1. The maximum atomic E-state index is 5.82. The van der Waals surface area contributed by atoms with Crippen molar-refractivity contribution in [1.82, 2.24) is 0 Å². The normalized spacial score (nSPS) is 22.4. The zero-order valence-electron chi connectivity index (χ0n) is 16.2. The van der Waals surface area contributed by atoms with Crippen molar-refractivity contribution >= 4 is 0 Å². The summed E-state index contributed by atoms with van der Waals surface area (Å²) in [5, 5.41) is 0. The molecule has 0 aliphatic carbocycles. The van der Waals surface area contributed by atoms with Gasteiger partial charge in [0.15, 0.2) is 0 Å². The van der Waals surface area contributed by atoms with Gasteiger partial charge in [0.25, 0.3) is 0 Å². The van der Waals surface area contributed by atoms with Gasteiger partial charge in [-0.15, -0.1) is 0 Å². The third-order valence-corrected chi connectivity index (χ3v) is 4.50. The summed E-state index contributed by atoms with van der Waals surface area (Å²) in [6, 6.07) is 17.4. The van der Waals surface area contributed by atoms with E-state index in [0.29, 0.717) is 25.4 Å². The second-order valence-electron chi connectivity index (χ2n) is 7.02. The molecule has 1 aliphatic rings. The lowest BCUT2D eigenvalue weighted by atomic mass is 10.2. The topological polar surface area (TPSA) is 41.4 Å². The van der Waals surface area contributed by atoms with E-state index >= 15 is 0 Å². The van der Waals surface area contributed by atoms with Crippen LogP contribution in [0.15, 0.2) is 54.6 Å². The van der Waals surface area contributed by atoms with Gasteiger partial charge in [0, 0.05) is 6.07 Å². The maximum Gasteiger partial charge on any atom is 0.131 e. The van der Waals surface area contributed by atoms with Crippen molar-refractivity contribution in [2.24, 2.45) is 0 Å². The molecule has 1 heterocycles. The molecule has 1 fully saturated rings. The summed E-state index contributed by atoms with van der Waals surface area (Å²) in [6.07, 6.45) is 0.662.